The Morgan fingerprint density at radius 1 is 0.975 bits per heavy atom. The minimum Gasteiger partial charge on any atom is -0.497 e. The molecule has 0 radical (unpaired) electrons. The van der Waals surface area contributed by atoms with Crippen molar-refractivity contribution in [2.24, 2.45) is 0 Å². The Labute approximate surface area is 243 Å². The van der Waals surface area contributed by atoms with E-state index >= 15 is 0 Å². The number of methoxy groups -OCH3 is 1. The Balaban J connectivity index is 2.01. The molecule has 0 saturated carbocycles. The average molecular weight is 635 g/mol. The molecule has 0 aromatic heterocycles. The van der Waals surface area contributed by atoms with Crippen molar-refractivity contribution in [3.63, 3.8) is 0 Å². The van der Waals surface area contributed by atoms with Crippen molar-refractivity contribution in [3.8, 4) is 5.75 Å². The van der Waals surface area contributed by atoms with E-state index in [-0.39, 0.29) is 29.1 Å². The van der Waals surface area contributed by atoms with Crippen LogP contribution in [0.25, 0.3) is 0 Å². The van der Waals surface area contributed by atoms with Crippen molar-refractivity contribution in [2.75, 3.05) is 18.0 Å². The molecule has 0 saturated heterocycles. The van der Waals surface area contributed by atoms with E-state index in [9.17, 15) is 22.4 Å². The number of carbonyl (C=O) groups is 2. The highest BCUT2D eigenvalue weighted by molar-refractivity contribution is 9.10. The van der Waals surface area contributed by atoms with E-state index in [2.05, 4.69) is 21.2 Å². The fourth-order valence-electron chi connectivity index (χ4n) is 3.85. The molecule has 0 aliphatic carbocycles. The van der Waals surface area contributed by atoms with Gasteiger partial charge in [0.25, 0.3) is 10.0 Å². The van der Waals surface area contributed by atoms with Gasteiger partial charge in [-0.25, -0.2) is 12.8 Å². The number of amides is 2. The lowest BCUT2D eigenvalue weighted by Gasteiger charge is -2.32. The molecule has 0 spiro atoms. The second-order valence-corrected chi connectivity index (χ2v) is 12.1. The number of benzene rings is 3. The Bertz CT molecular complexity index is 1400. The van der Waals surface area contributed by atoms with Gasteiger partial charge in [0, 0.05) is 17.1 Å². The minimum atomic E-state index is -4.27. The van der Waals surface area contributed by atoms with Crippen LogP contribution in [0.15, 0.2) is 82.2 Å². The smallest absolute Gasteiger partial charge is 0.264 e. The molecule has 0 bridgehead atoms. The van der Waals surface area contributed by atoms with E-state index in [0.717, 1.165) is 26.5 Å². The summed E-state index contributed by atoms with van der Waals surface area (Å²) in [5.41, 5.74) is 0.858. The molecule has 11 heteroatoms. The molecule has 0 heterocycles. The standard InChI is InChI=1S/C29H33BrFN3O5S/c1-5-20(2)32-29(36)21(3)33(18-22-6-8-23(30)9-7-22)28(35)19-34(25-12-10-24(31)11-13-25)40(37,38)27-16-14-26(39-4)15-17-27/h6-17,20-21H,5,18-19H2,1-4H3,(H,32,36)/t20-,21-/m0/s1. The molecule has 0 aliphatic rings. The zero-order valence-electron chi connectivity index (χ0n) is 22.8. The normalized spacial score (nSPS) is 12.8. The third-order valence-corrected chi connectivity index (χ3v) is 8.79. The first-order valence-corrected chi connectivity index (χ1v) is 15.0. The maximum Gasteiger partial charge on any atom is 0.264 e. The van der Waals surface area contributed by atoms with Crippen molar-refractivity contribution in [1.82, 2.24) is 10.2 Å². The number of nitrogens with one attached hydrogen (secondary N) is 1. The first-order valence-electron chi connectivity index (χ1n) is 12.7. The van der Waals surface area contributed by atoms with Crippen LogP contribution in [-0.2, 0) is 26.2 Å². The van der Waals surface area contributed by atoms with Gasteiger partial charge in [-0.15, -0.1) is 0 Å². The Kier molecular flexibility index (Phi) is 10.7. The SMILES string of the molecule is CC[C@H](C)NC(=O)[C@H](C)N(Cc1ccc(Br)cc1)C(=O)CN(c1ccc(F)cc1)S(=O)(=O)c1ccc(OC)cc1. The van der Waals surface area contributed by atoms with Crippen LogP contribution >= 0.6 is 15.9 Å². The quantitative estimate of drug-likeness (QED) is 0.299. The summed E-state index contributed by atoms with van der Waals surface area (Å²) in [5.74, 6) is -1.04. The van der Waals surface area contributed by atoms with Gasteiger partial charge in [0.05, 0.1) is 17.7 Å². The molecule has 1 N–H and O–H groups in total. The van der Waals surface area contributed by atoms with Crippen LogP contribution in [0.2, 0.25) is 0 Å². The molecule has 0 unspecified atom stereocenters. The molecular weight excluding hydrogens is 601 g/mol. The second kappa shape index (κ2) is 13.8. The maximum atomic E-state index is 13.9. The van der Waals surface area contributed by atoms with Crippen LogP contribution in [0, 0.1) is 5.82 Å². The highest BCUT2D eigenvalue weighted by Gasteiger charge is 2.32. The third kappa shape index (κ3) is 7.82. The molecule has 214 valence electrons. The fraction of sp³-hybridized carbons (Fsp3) is 0.310. The number of hydrogen-bond acceptors (Lipinski definition) is 5. The predicted molar refractivity (Wildman–Crippen MR) is 156 cm³/mol. The number of ether oxygens (including phenoxy) is 1. The van der Waals surface area contributed by atoms with Gasteiger partial charge >= 0.3 is 0 Å². The number of rotatable bonds is 12. The second-order valence-electron chi connectivity index (χ2n) is 9.31. The molecule has 40 heavy (non-hydrogen) atoms. The minimum absolute atomic E-state index is 0.0705. The summed E-state index contributed by atoms with van der Waals surface area (Å²) < 4.78 is 48.2. The number of nitrogens with zero attached hydrogens (tertiary/aromatic N) is 2. The summed E-state index contributed by atoms with van der Waals surface area (Å²) in [4.78, 5) is 28.2. The molecule has 3 rings (SSSR count). The van der Waals surface area contributed by atoms with Crippen LogP contribution in [-0.4, -0.2) is 50.9 Å². The van der Waals surface area contributed by atoms with Gasteiger partial charge in [0.15, 0.2) is 0 Å². The third-order valence-electron chi connectivity index (χ3n) is 6.48. The molecule has 0 fully saturated rings. The van der Waals surface area contributed by atoms with Crippen molar-refractivity contribution in [3.05, 3.63) is 88.6 Å². The van der Waals surface area contributed by atoms with Gasteiger partial charge < -0.3 is 15.0 Å². The Hall–Kier alpha value is -3.44. The summed E-state index contributed by atoms with van der Waals surface area (Å²) in [5, 5.41) is 2.89. The van der Waals surface area contributed by atoms with E-state index in [1.807, 2.05) is 38.1 Å². The molecule has 0 aliphatic heterocycles. The number of hydrogen-bond donors (Lipinski definition) is 1. The van der Waals surface area contributed by atoms with Gasteiger partial charge in [0.1, 0.15) is 24.2 Å². The van der Waals surface area contributed by atoms with Gasteiger partial charge in [0.2, 0.25) is 11.8 Å². The summed E-state index contributed by atoms with van der Waals surface area (Å²) >= 11 is 3.39. The predicted octanol–water partition coefficient (Wildman–Crippen LogP) is 5.12. The van der Waals surface area contributed by atoms with Crippen LogP contribution in [0.1, 0.15) is 32.8 Å². The van der Waals surface area contributed by atoms with Crippen molar-refractivity contribution in [1.29, 1.82) is 0 Å². The fourth-order valence-corrected chi connectivity index (χ4v) is 5.52. The highest BCUT2D eigenvalue weighted by Crippen LogP contribution is 2.26. The summed E-state index contributed by atoms with van der Waals surface area (Å²) in [6.07, 6.45) is 0.706. The lowest BCUT2D eigenvalue weighted by Crippen LogP contribution is -2.52. The van der Waals surface area contributed by atoms with Gasteiger partial charge in [-0.3, -0.25) is 13.9 Å². The highest BCUT2D eigenvalue weighted by atomic mass is 79.9. The molecule has 2 amide bonds. The number of sulfonamides is 1. The Morgan fingerprint density at radius 3 is 2.12 bits per heavy atom. The van der Waals surface area contributed by atoms with Gasteiger partial charge in [-0.05, 0) is 86.5 Å². The summed E-state index contributed by atoms with van der Waals surface area (Å²) in [6, 6.07) is 16.8. The van der Waals surface area contributed by atoms with Crippen molar-refractivity contribution < 1.29 is 27.1 Å². The first-order chi connectivity index (χ1) is 19.0. The lowest BCUT2D eigenvalue weighted by molar-refractivity contribution is -0.139. The van der Waals surface area contributed by atoms with Crippen molar-refractivity contribution in [2.45, 2.75) is 50.7 Å². The van der Waals surface area contributed by atoms with E-state index in [1.54, 1.807) is 6.92 Å². The van der Waals surface area contributed by atoms with Gasteiger partial charge in [-0.1, -0.05) is 35.0 Å². The molecular formula is C29H33BrFN3O5S. The molecule has 2 atom stereocenters. The summed E-state index contributed by atoms with van der Waals surface area (Å²) in [6.45, 7) is 4.86. The molecule has 3 aromatic carbocycles. The van der Waals surface area contributed by atoms with Crippen molar-refractivity contribution >= 4 is 43.5 Å². The number of anilines is 1. The maximum absolute atomic E-state index is 13.9. The van der Waals surface area contributed by atoms with E-state index in [4.69, 9.17) is 4.74 Å². The monoisotopic (exact) mass is 633 g/mol. The van der Waals surface area contributed by atoms with E-state index < -0.39 is 34.3 Å². The number of halogens is 2. The van der Waals surface area contributed by atoms with Crippen LogP contribution in [0.4, 0.5) is 10.1 Å². The zero-order chi connectivity index (χ0) is 29.4. The number of carbonyl (C=O) groups excluding carboxylic acids is 2. The van der Waals surface area contributed by atoms with Gasteiger partial charge in [-0.2, -0.15) is 0 Å². The summed E-state index contributed by atoms with van der Waals surface area (Å²) in [7, 11) is -2.80. The molecule has 8 nitrogen and oxygen atoms in total. The lowest BCUT2D eigenvalue weighted by atomic mass is 10.1. The van der Waals surface area contributed by atoms with Crippen LogP contribution < -0.4 is 14.4 Å². The zero-order valence-corrected chi connectivity index (χ0v) is 25.2. The van der Waals surface area contributed by atoms with E-state index in [1.165, 1.54) is 48.4 Å². The van der Waals surface area contributed by atoms with Crippen LogP contribution in [0.3, 0.4) is 0 Å². The van der Waals surface area contributed by atoms with Crippen LogP contribution in [0.5, 0.6) is 5.75 Å². The first kappa shape index (κ1) is 31.1. The molecule has 3 aromatic rings. The van der Waals surface area contributed by atoms with E-state index in [0.29, 0.717) is 12.2 Å². The average Bonchev–Trinajstić information content (AvgIpc) is 2.95. The Morgan fingerprint density at radius 2 is 1.57 bits per heavy atom. The largest absolute Gasteiger partial charge is 0.497 e. The topological polar surface area (TPSA) is 96.0 Å².